The Morgan fingerprint density at radius 3 is 2.34 bits per heavy atom. The molecule has 0 spiro atoms. The number of hydrogen-bond acceptors (Lipinski definition) is 6. The zero-order chi connectivity index (χ0) is 20.6. The van der Waals surface area contributed by atoms with Crippen LogP contribution in [0.25, 0.3) is 11.6 Å². The summed E-state index contributed by atoms with van der Waals surface area (Å²) in [6.07, 6.45) is 1.72. The number of amides is 2. The first-order chi connectivity index (χ1) is 14.0. The molecule has 2 heterocycles. The zero-order valence-electron chi connectivity index (χ0n) is 14.9. The first-order valence-electron chi connectivity index (χ1n) is 8.34. The van der Waals surface area contributed by atoms with Crippen LogP contribution in [0.4, 0.5) is 0 Å². The van der Waals surface area contributed by atoms with Gasteiger partial charge in [-0.25, -0.2) is 4.79 Å². The molecule has 0 unspecified atom stereocenters. The van der Waals surface area contributed by atoms with Crippen LogP contribution in [-0.2, 0) is 14.3 Å². The molecule has 0 aliphatic heterocycles. The maximum absolute atomic E-state index is 12.5. The van der Waals surface area contributed by atoms with Crippen molar-refractivity contribution in [2.45, 2.75) is 0 Å². The predicted octanol–water partition coefficient (Wildman–Crippen LogP) is 4.01. The summed E-state index contributed by atoms with van der Waals surface area (Å²) in [5.74, 6) is -1.81. The Labute approximate surface area is 179 Å². The Hall–Kier alpha value is -2.94. The van der Waals surface area contributed by atoms with Gasteiger partial charge < -0.3 is 4.74 Å². The third kappa shape index (κ3) is 6.02. The molecule has 1 aromatic carbocycles. The van der Waals surface area contributed by atoms with Crippen LogP contribution in [0.15, 0.2) is 59.3 Å². The van der Waals surface area contributed by atoms with Gasteiger partial charge in [0, 0.05) is 20.3 Å². The van der Waals surface area contributed by atoms with Gasteiger partial charge in [-0.15, -0.1) is 22.7 Å². The molecule has 2 aromatic heterocycles. The monoisotopic (exact) mass is 446 g/mol. The fourth-order valence-electron chi connectivity index (χ4n) is 2.22. The molecule has 3 rings (SSSR count). The van der Waals surface area contributed by atoms with E-state index in [2.05, 4.69) is 10.9 Å². The SMILES string of the molecule is O=C(COC(=O)/C(=C\c1cccs1)c1cccs1)NNC(=O)c1ccc(Cl)cc1. The molecule has 0 saturated heterocycles. The average molecular weight is 447 g/mol. The second kappa shape index (κ2) is 10.0. The molecule has 9 heteroatoms. The third-order valence-electron chi connectivity index (χ3n) is 3.59. The number of thiophene rings is 2. The van der Waals surface area contributed by atoms with Crippen molar-refractivity contribution in [3.8, 4) is 0 Å². The number of rotatable bonds is 6. The molecule has 0 atom stereocenters. The van der Waals surface area contributed by atoms with Gasteiger partial charge in [0.15, 0.2) is 6.61 Å². The summed E-state index contributed by atoms with van der Waals surface area (Å²) in [5, 5.41) is 4.25. The van der Waals surface area contributed by atoms with E-state index in [1.165, 1.54) is 34.8 Å². The van der Waals surface area contributed by atoms with Crippen LogP contribution in [-0.4, -0.2) is 24.4 Å². The molecule has 148 valence electrons. The number of carbonyl (C=O) groups excluding carboxylic acids is 3. The molecule has 0 radical (unpaired) electrons. The van der Waals surface area contributed by atoms with Crippen molar-refractivity contribution >= 4 is 63.7 Å². The van der Waals surface area contributed by atoms with Gasteiger partial charge in [-0.05, 0) is 53.2 Å². The second-order valence-corrected chi connectivity index (χ2v) is 8.00. The van der Waals surface area contributed by atoms with E-state index in [1.807, 2.05) is 29.0 Å². The molecule has 3 aromatic rings. The van der Waals surface area contributed by atoms with Crippen LogP contribution in [0.3, 0.4) is 0 Å². The number of nitrogens with one attached hydrogen (secondary N) is 2. The molecule has 29 heavy (non-hydrogen) atoms. The molecular weight excluding hydrogens is 432 g/mol. The molecule has 0 fully saturated rings. The summed E-state index contributed by atoms with van der Waals surface area (Å²) < 4.78 is 5.12. The fraction of sp³-hybridized carbons (Fsp3) is 0.0500. The van der Waals surface area contributed by atoms with Gasteiger partial charge in [0.05, 0.1) is 5.57 Å². The minimum atomic E-state index is -0.665. The highest BCUT2D eigenvalue weighted by atomic mass is 35.5. The molecule has 0 bridgehead atoms. The summed E-state index contributed by atoms with van der Waals surface area (Å²) in [7, 11) is 0. The van der Waals surface area contributed by atoms with E-state index in [9.17, 15) is 14.4 Å². The molecule has 0 saturated carbocycles. The Balaban J connectivity index is 1.55. The molecule has 2 amide bonds. The van der Waals surface area contributed by atoms with Crippen LogP contribution in [0.5, 0.6) is 0 Å². The second-order valence-electron chi connectivity index (χ2n) is 5.64. The van der Waals surface area contributed by atoms with Crippen LogP contribution < -0.4 is 10.9 Å². The summed E-state index contributed by atoms with van der Waals surface area (Å²) in [5.41, 5.74) is 5.14. The average Bonchev–Trinajstić information content (AvgIpc) is 3.43. The number of halogens is 1. The number of benzene rings is 1. The van der Waals surface area contributed by atoms with Gasteiger partial charge in [0.25, 0.3) is 11.8 Å². The minimum Gasteiger partial charge on any atom is -0.452 e. The van der Waals surface area contributed by atoms with Crippen LogP contribution in [0, 0.1) is 0 Å². The van der Waals surface area contributed by atoms with Crippen molar-refractivity contribution in [1.82, 2.24) is 10.9 Å². The van der Waals surface area contributed by atoms with E-state index in [-0.39, 0.29) is 0 Å². The van der Waals surface area contributed by atoms with Crippen LogP contribution in [0.1, 0.15) is 20.1 Å². The van der Waals surface area contributed by atoms with Gasteiger partial charge in [-0.3, -0.25) is 20.4 Å². The van der Waals surface area contributed by atoms with Crippen molar-refractivity contribution in [2.75, 3.05) is 6.61 Å². The van der Waals surface area contributed by atoms with Gasteiger partial charge in [-0.2, -0.15) is 0 Å². The lowest BCUT2D eigenvalue weighted by molar-refractivity contribution is -0.143. The van der Waals surface area contributed by atoms with Crippen molar-refractivity contribution in [1.29, 1.82) is 0 Å². The van der Waals surface area contributed by atoms with Crippen molar-refractivity contribution in [3.05, 3.63) is 79.6 Å². The Kier molecular flexibility index (Phi) is 7.18. The fourth-order valence-corrected chi connectivity index (χ4v) is 3.74. The largest absolute Gasteiger partial charge is 0.452 e. The number of carbonyl (C=O) groups is 3. The number of ether oxygens (including phenoxy) is 1. The Morgan fingerprint density at radius 1 is 0.966 bits per heavy atom. The van der Waals surface area contributed by atoms with E-state index < -0.39 is 24.4 Å². The zero-order valence-corrected chi connectivity index (χ0v) is 17.3. The lowest BCUT2D eigenvalue weighted by Crippen LogP contribution is -2.43. The lowest BCUT2D eigenvalue weighted by Gasteiger charge is -2.09. The highest BCUT2D eigenvalue weighted by Crippen LogP contribution is 2.25. The van der Waals surface area contributed by atoms with Crippen LogP contribution >= 0.6 is 34.3 Å². The van der Waals surface area contributed by atoms with E-state index in [1.54, 1.807) is 24.3 Å². The number of esters is 1. The Morgan fingerprint density at radius 2 is 1.69 bits per heavy atom. The molecule has 2 N–H and O–H groups in total. The summed E-state index contributed by atoms with van der Waals surface area (Å²) in [6.45, 7) is -0.535. The highest BCUT2D eigenvalue weighted by Gasteiger charge is 2.17. The quantitative estimate of drug-likeness (QED) is 0.340. The topological polar surface area (TPSA) is 84.5 Å². The lowest BCUT2D eigenvalue weighted by atomic mass is 10.2. The van der Waals surface area contributed by atoms with Gasteiger partial charge in [0.2, 0.25) is 0 Å². The van der Waals surface area contributed by atoms with Crippen molar-refractivity contribution in [2.24, 2.45) is 0 Å². The van der Waals surface area contributed by atoms with Gasteiger partial charge in [0.1, 0.15) is 0 Å². The number of hydrazine groups is 1. The molecule has 6 nitrogen and oxygen atoms in total. The normalized spacial score (nSPS) is 11.0. The van der Waals surface area contributed by atoms with Crippen LogP contribution in [0.2, 0.25) is 5.02 Å². The Bertz CT molecular complexity index is 1010. The first kappa shape index (κ1) is 20.8. The van der Waals surface area contributed by atoms with Crippen molar-refractivity contribution < 1.29 is 19.1 Å². The maximum Gasteiger partial charge on any atom is 0.340 e. The summed E-state index contributed by atoms with van der Waals surface area (Å²) in [4.78, 5) is 38.0. The summed E-state index contributed by atoms with van der Waals surface area (Å²) in [6, 6.07) is 13.6. The third-order valence-corrected chi connectivity index (χ3v) is 5.57. The smallest absolute Gasteiger partial charge is 0.340 e. The van der Waals surface area contributed by atoms with E-state index >= 15 is 0 Å². The minimum absolute atomic E-state index is 0.325. The predicted molar refractivity (Wildman–Crippen MR) is 115 cm³/mol. The van der Waals surface area contributed by atoms with E-state index in [0.29, 0.717) is 16.2 Å². The van der Waals surface area contributed by atoms with E-state index in [4.69, 9.17) is 16.3 Å². The standard InChI is InChI=1S/C20H15ClN2O4S2/c21-14-7-5-13(6-8-14)19(25)23-22-18(24)12-27-20(26)16(17-4-2-10-29-17)11-15-3-1-9-28-15/h1-11H,12H2,(H,22,24)(H,23,25)/b16-11-. The maximum atomic E-state index is 12.5. The van der Waals surface area contributed by atoms with Gasteiger partial charge >= 0.3 is 5.97 Å². The molecular formula is C20H15ClN2O4S2. The molecule has 0 aliphatic rings. The van der Waals surface area contributed by atoms with Crippen molar-refractivity contribution in [3.63, 3.8) is 0 Å². The number of hydrogen-bond donors (Lipinski definition) is 2. The van der Waals surface area contributed by atoms with E-state index in [0.717, 1.165) is 9.75 Å². The highest BCUT2D eigenvalue weighted by molar-refractivity contribution is 7.12. The van der Waals surface area contributed by atoms with Gasteiger partial charge in [-0.1, -0.05) is 23.7 Å². The molecule has 0 aliphatic carbocycles. The summed E-state index contributed by atoms with van der Waals surface area (Å²) >= 11 is 8.65. The first-order valence-corrected chi connectivity index (χ1v) is 10.5.